The first-order valence-corrected chi connectivity index (χ1v) is 9.33. The number of nitrogens with zero attached hydrogens (tertiary/aromatic N) is 2. The van der Waals surface area contributed by atoms with Crippen molar-refractivity contribution in [3.63, 3.8) is 0 Å². The zero-order chi connectivity index (χ0) is 19.5. The molecular formula is C21H18ClFN2O3. The van der Waals surface area contributed by atoms with Crippen LogP contribution in [0.25, 0.3) is 0 Å². The van der Waals surface area contributed by atoms with E-state index in [4.69, 9.17) is 20.8 Å². The highest BCUT2D eigenvalue weighted by Crippen LogP contribution is 2.25. The minimum Gasteiger partial charge on any atom is -0.442 e. The minimum atomic E-state index is -0.534. The van der Waals surface area contributed by atoms with Crippen LogP contribution < -0.4 is 0 Å². The van der Waals surface area contributed by atoms with Gasteiger partial charge < -0.3 is 14.1 Å². The molecule has 3 aromatic rings. The average molecular weight is 401 g/mol. The summed E-state index contributed by atoms with van der Waals surface area (Å²) in [6.07, 6.45) is 1.65. The van der Waals surface area contributed by atoms with Crippen LogP contribution in [0.2, 0.25) is 5.02 Å². The number of ether oxygens (including phenoxy) is 1. The Bertz CT molecular complexity index is 991. The first-order valence-electron chi connectivity index (χ1n) is 8.95. The number of oxazole rings is 1. The highest BCUT2D eigenvalue weighted by atomic mass is 35.5. The summed E-state index contributed by atoms with van der Waals surface area (Å²) in [4.78, 5) is 18.5. The van der Waals surface area contributed by atoms with Crippen LogP contribution in [0.5, 0.6) is 0 Å². The molecule has 0 aliphatic carbocycles. The van der Waals surface area contributed by atoms with E-state index in [1.165, 1.54) is 12.1 Å². The molecule has 1 saturated heterocycles. The fourth-order valence-electron chi connectivity index (χ4n) is 3.17. The summed E-state index contributed by atoms with van der Waals surface area (Å²) in [7, 11) is 0. The maximum absolute atomic E-state index is 13.9. The van der Waals surface area contributed by atoms with Gasteiger partial charge in [-0.15, -0.1) is 0 Å². The van der Waals surface area contributed by atoms with Gasteiger partial charge in [-0.05, 0) is 23.8 Å². The molecule has 1 atom stereocenters. The molecule has 0 N–H and O–H groups in total. The van der Waals surface area contributed by atoms with E-state index in [-0.39, 0.29) is 18.0 Å². The second-order valence-corrected chi connectivity index (χ2v) is 6.93. The van der Waals surface area contributed by atoms with Gasteiger partial charge in [0.2, 0.25) is 5.89 Å². The molecule has 0 bridgehead atoms. The molecule has 28 heavy (non-hydrogen) atoms. The minimum absolute atomic E-state index is 0.0509. The topological polar surface area (TPSA) is 55.6 Å². The number of halogens is 2. The van der Waals surface area contributed by atoms with E-state index >= 15 is 0 Å². The van der Waals surface area contributed by atoms with E-state index in [0.717, 1.165) is 5.56 Å². The number of amides is 1. The SMILES string of the molecule is O=C(c1ccccc1F)N1CCO[C@@H](c2ncc(Cc3ccccc3Cl)o2)C1. The molecule has 2 heterocycles. The van der Waals surface area contributed by atoms with Gasteiger partial charge in [0.1, 0.15) is 11.6 Å². The molecule has 0 radical (unpaired) electrons. The third-order valence-corrected chi connectivity index (χ3v) is 5.00. The standard InChI is InChI=1S/C21H18ClFN2O3/c22-17-7-3-1-5-14(17)11-15-12-24-20(28-15)19-13-25(9-10-27-19)21(26)16-6-2-4-8-18(16)23/h1-8,12,19H,9-11,13H2/t19-/m1/s1. The van der Waals surface area contributed by atoms with E-state index in [2.05, 4.69) is 4.98 Å². The van der Waals surface area contributed by atoms with Crippen molar-refractivity contribution in [2.45, 2.75) is 12.5 Å². The Morgan fingerprint density at radius 3 is 2.82 bits per heavy atom. The van der Waals surface area contributed by atoms with E-state index in [0.29, 0.717) is 36.2 Å². The van der Waals surface area contributed by atoms with E-state index in [1.807, 2.05) is 24.3 Å². The molecule has 144 valence electrons. The van der Waals surface area contributed by atoms with Crippen LogP contribution in [0.15, 0.2) is 59.1 Å². The zero-order valence-electron chi connectivity index (χ0n) is 15.0. The van der Waals surface area contributed by atoms with Gasteiger partial charge >= 0.3 is 0 Å². The van der Waals surface area contributed by atoms with Crippen LogP contribution >= 0.6 is 11.6 Å². The van der Waals surface area contributed by atoms with E-state index in [9.17, 15) is 9.18 Å². The lowest BCUT2D eigenvalue weighted by atomic mass is 10.1. The Balaban J connectivity index is 1.47. The Hall–Kier alpha value is -2.70. The lowest BCUT2D eigenvalue weighted by Crippen LogP contribution is -2.42. The van der Waals surface area contributed by atoms with Gasteiger partial charge in [-0.3, -0.25) is 4.79 Å². The van der Waals surface area contributed by atoms with E-state index < -0.39 is 11.9 Å². The normalized spacial score (nSPS) is 16.9. The summed E-state index contributed by atoms with van der Waals surface area (Å²) in [5, 5.41) is 0.663. The molecule has 1 aliphatic rings. The Kier molecular flexibility index (Phi) is 5.41. The average Bonchev–Trinajstić information content (AvgIpc) is 3.18. The second kappa shape index (κ2) is 8.12. The van der Waals surface area contributed by atoms with Crippen LogP contribution in [-0.4, -0.2) is 35.5 Å². The summed E-state index contributed by atoms with van der Waals surface area (Å²) in [6, 6.07) is 13.5. The number of morpholine rings is 1. The van der Waals surface area contributed by atoms with Gasteiger partial charge in [-0.2, -0.15) is 0 Å². The molecular weight excluding hydrogens is 383 g/mol. The van der Waals surface area contributed by atoms with E-state index in [1.54, 1.807) is 23.2 Å². The second-order valence-electron chi connectivity index (χ2n) is 6.52. The van der Waals surface area contributed by atoms with Gasteiger partial charge in [0.05, 0.1) is 24.9 Å². The molecule has 1 amide bonds. The van der Waals surface area contributed by atoms with Crippen molar-refractivity contribution in [3.05, 3.63) is 88.3 Å². The largest absolute Gasteiger partial charge is 0.442 e. The lowest BCUT2D eigenvalue weighted by Gasteiger charge is -2.31. The molecule has 2 aromatic carbocycles. The van der Waals surface area contributed by atoms with Crippen LogP contribution in [0, 0.1) is 5.82 Å². The van der Waals surface area contributed by atoms with Crippen molar-refractivity contribution in [2.24, 2.45) is 0 Å². The number of aromatic nitrogens is 1. The molecule has 1 fully saturated rings. The van der Waals surface area contributed by atoms with Gasteiger partial charge in [-0.1, -0.05) is 41.9 Å². The molecule has 4 rings (SSSR count). The third-order valence-electron chi connectivity index (χ3n) is 4.63. The fourth-order valence-corrected chi connectivity index (χ4v) is 3.37. The van der Waals surface area contributed by atoms with Crippen molar-refractivity contribution in [1.29, 1.82) is 0 Å². The monoisotopic (exact) mass is 400 g/mol. The van der Waals surface area contributed by atoms with Gasteiger partial charge in [-0.25, -0.2) is 9.37 Å². The Morgan fingerprint density at radius 1 is 1.21 bits per heavy atom. The van der Waals surface area contributed by atoms with Gasteiger partial charge in [0, 0.05) is 18.0 Å². The van der Waals surface area contributed by atoms with Crippen molar-refractivity contribution in [1.82, 2.24) is 9.88 Å². The predicted molar refractivity (Wildman–Crippen MR) is 102 cm³/mol. The number of benzene rings is 2. The Labute approximate surface area is 166 Å². The first kappa shape index (κ1) is 18.7. The zero-order valence-corrected chi connectivity index (χ0v) is 15.7. The maximum Gasteiger partial charge on any atom is 0.257 e. The molecule has 1 aromatic heterocycles. The lowest BCUT2D eigenvalue weighted by molar-refractivity contribution is -0.0350. The highest BCUT2D eigenvalue weighted by Gasteiger charge is 2.30. The quantitative estimate of drug-likeness (QED) is 0.656. The maximum atomic E-state index is 13.9. The molecule has 0 saturated carbocycles. The number of rotatable bonds is 4. The summed E-state index contributed by atoms with van der Waals surface area (Å²) < 4.78 is 25.5. The number of carbonyl (C=O) groups excluding carboxylic acids is 1. The molecule has 0 unspecified atom stereocenters. The van der Waals surface area contributed by atoms with Crippen LogP contribution in [0.1, 0.15) is 33.7 Å². The fraction of sp³-hybridized carbons (Fsp3) is 0.238. The van der Waals surface area contributed by atoms with Crippen LogP contribution in [-0.2, 0) is 11.2 Å². The predicted octanol–water partition coefficient (Wildman–Crippen LogP) is 4.27. The summed E-state index contributed by atoms with van der Waals surface area (Å²) in [6.45, 7) is 0.961. The van der Waals surface area contributed by atoms with Crippen LogP contribution in [0.4, 0.5) is 4.39 Å². The smallest absolute Gasteiger partial charge is 0.257 e. The first-order chi connectivity index (χ1) is 13.6. The van der Waals surface area contributed by atoms with Crippen molar-refractivity contribution >= 4 is 17.5 Å². The number of hydrogen-bond donors (Lipinski definition) is 0. The summed E-state index contributed by atoms with van der Waals surface area (Å²) >= 11 is 6.19. The van der Waals surface area contributed by atoms with Crippen molar-refractivity contribution < 1.29 is 18.3 Å². The number of carbonyl (C=O) groups is 1. The highest BCUT2D eigenvalue weighted by molar-refractivity contribution is 6.31. The third kappa shape index (κ3) is 3.93. The Morgan fingerprint density at radius 2 is 2.00 bits per heavy atom. The summed E-state index contributed by atoms with van der Waals surface area (Å²) in [5.41, 5.74) is 0.989. The van der Waals surface area contributed by atoms with Crippen molar-refractivity contribution in [3.8, 4) is 0 Å². The molecule has 5 nitrogen and oxygen atoms in total. The molecule has 7 heteroatoms. The summed E-state index contributed by atoms with van der Waals surface area (Å²) in [5.74, 6) is 0.153. The van der Waals surface area contributed by atoms with Crippen LogP contribution in [0.3, 0.4) is 0 Å². The van der Waals surface area contributed by atoms with Gasteiger partial charge in [0.15, 0.2) is 6.10 Å². The molecule has 0 spiro atoms. The van der Waals surface area contributed by atoms with Crippen molar-refractivity contribution in [2.75, 3.05) is 19.7 Å². The molecule has 1 aliphatic heterocycles. The van der Waals surface area contributed by atoms with Gasteiger partial charge in [0.25, 0.3) is 5.91 Å². The number of hydrogen-bond acceptors (Lipinski definition) is 4.